The van der Waals surface area contributed by atoms with Crippen LogP contribution < -0.4 is 0 Å². The molecule has 0 spiro atoms. The van der Waals surface area contributed by atoms with Crippen molar-refractivity contribution in [1.29, 1.82) is 0 Å². The average molecular weight is 302 g/mol. The number of hydrogen-bond donors (Lipinski definition) is 0. The van der Waals surface area contributed by atoms with Crippen LogP contribution in [0.5, 0.6) is 0 Å². The maximum Gasteiger partial charge on any atom is 0.243 e. The van der Waals surface area contributed by atoms with Gasteiger partial charge in [0.05, 0.1) is 4.90 Å². The van der Waals surface area contributed by atoms with Crippen molar-refractivity contribution in [1.82, 2.24) is 4.31 Å². The fourth-order valence-corrected chi connectivity index (χ4v) is 3.83. The summed E-state index contributed by atoms with van der Waals surface area (Å²) in [5.41, 5.74) is 0.935. The molecular weight excluding hydrogens is 282 g/mol. The molecule has 19 heavy (non-hydrogen) atoms. The first-order chi connectivity index (χ1) is 9.07. The minimum Gasteiger partial charge on any atom is -0.207 e. The number of alkyl halides is 1. The van der Waals surface area contributed by atoms with Crippen LogP contribution in [0.4, 0.5) is 0 Å². The SMILES string of the molecule is CCCN(CC1CC1)S(=O)(=O)c1ccc(CCl)cc1. The van der Waals surface area contributed by atoms with Gasteiger partial charge in [0.2, 0.25) is 10.0 Å². The maximum atomic E-state index is 12.6. The molecule has 1 aromatic carbocycles. The number of rotatable bonds is 7. The Bertz CT molecular complexity index is 509. The Labute approximate surface area is 120 Å². The Morgan fingerprint density at radius 1 is 1.26 bits per heavy atom. The van der Waals surface area contributed by atoms with E-state index in [9.17, 15) is 8.42 Å². The molecule has 106 valence electrons. The Hall–Kier alpha value is -0.580. The van der Waals surface area contributed by atoms with Crippen LogP contribution in [-0.4, -0.2) is 25.8 Å². The van der Waals surface area contributed by atoms with Crippen molar-refractivity contribution in [2.75, 3.05) is 13.1 Å². The molecular formula is C14H20ClNO2S. The highest BCUT2D eigenvalue weighted by Gasteiger charge is 2.31. The van der Waals surface area contributed by atoms with Gasteiger partial charge in [0.15, 0.2) is 0 Å². The molecule has 0 N–H and O–H groups in total. The summed E-state index contributed by atoms with van der Waals surface area (Å²) in [4.78, 5) is 0.371. The Kier molecular flexibility index (Phi) is 4.87. The van der Waals surface area contributed by atoms with Gasteiger partial charge in [-0.25, -0.2) is 8.42 Å². The first kappa shape index (κ1) is 14.8. The van der Waals surface area contributed by atoms with Crippen LogP contribution in [0.15, 0.2) is 29.2 Å². The lowest BCUT2D eigenvalue weighted by atomic mass is 10.2. The molecule has 0 unspecified atom stereocenters. The molecule has 5 heteroatoms. The monoisotopic (exact) mass is 301 g/mol. The predicted octanol–water partition coefficient (Wildman–Crippen LogP) is 3.24. The molecule has 3 nitrogen and oxygen atoms in total. The van der Waals surface area contributed by atoms with Gasteiger partial charge in [-0.3, -0.25) is 0 Å². The Morgan fingerprint density at radius 3 is 2.37 bits per heavy atom. The van der Waals surface area contributed by atoms with Crippen LogP contribution >= 0.6 is 11.6 Å². The summed E-state index contributed by atoms with van der Waals surface area (Å²) in [6.45, 7) is 3.26. The van der Waals surface area contributed by atoms with Crippen molar-refractivity contribution < 1.29 is 8.42 Å². The van der Waals surface area contributed by atoms with Gasteiger partial charge in [0.25, 0.3) is 0 Å². The van der Waals surface area contributed by atoms with E-state index >= 15 is 0 Å². The maximum absolute atomic E-state index is 12.6. The molecule has 0 heterocycles. The lowest BCUT2D eigenvalue weighted by Crippen LogP contribution is -2.33. The number of sulfonamides is 1. The van der Waals surface area contributed by atoms with E-state index in [0.29, 0.717) is 29.8 Å². The van der Waals surface area contributed by atoms with Gasteiger partial charge in [-0.05, 0) is 42.9 Å². The summed E-state index contributed by atoms with van der Waals surface area (Å²) in [5.74, 6) is 0.963. The standard InChI is InChI=1S/C14H20ClNO2S/c1-2-9-16(11-13-3-4-13)19(17,18)14-7-5-12(10-15)6-8-14/h5-8,13H,2-4,9-11H2,1H3. The lowest BCUT2D eigenvalue weighted by molar-refractivity contribution is 0.395. The number of nitrogens with zero attached hydrogens (tertiary/aromatic N) is 1. The number of hydrogen-bond acceptors (Lipinski definition) is 2. The summed E-state index contributed by atoms with van der Waals surface area (Å²) >= 11 is 5.72. The second-order valence-electron chi connectivity index (χ2n) is 5.08. The van der Waals surface area contributed by atoms with Crippen LogP contribution in [0.25, 0.3) is 0 Å². The van der Waals surface area contributed by atoms with Gasteiger partial charge in [-0.15, -0.1) is 11.6 Å². The second kappa shape index (κ2) is 6.25. The summed E-state index contributed by atoms with van der Waals surface area (Å²) in [7, 11) is -3.35. The Balaban J connectivity index is 2.20. The molecule has 0 aliphatic heterocycles. The van der Waals surface area contributed by atoms with Gasteiger partial charge >= 0.3 is 0 Å². The Morgan fingerprint density at radius 2 is 1.89 bits per heavy atom. The molecule has 1 saturated carbocycles. The molecule has 0 aromatic heterocycles. The van der Waals surface area contributed by atoms with Crippen molar-refractivity contribution in [3.8, 4) is 0 Å². The van der Waals surface area contributed by atoms with Crippen LogP contribution in [0.2, 0.25) is 0 Å². The number of benzene rings is 1. The predicted molar refractivity (Wildman–Crippen MR) is 77.8 cm³/mol. The zero-order chi connectivity index (χ0) is 13.9. The third-order valence-electron chi connectivity index (χ3n) is 3.35. The van der Waals surface area contributed by atoms with Crippen molar-refractivity contribution in [2.45, 2.75) is 37.0 Å². The lowest BCUT2D eigenvalue weighted by Gasteiger charge is -2.21. The fraction of sp³-hybridized carbons (Fsp3) is 0.571. The highest BCUT2D eigenvalue weighted by atomic mass is 35.5. The van der Waals surface area contributed by atoms with Crippen LogP contribution in [0, 0.1) is 5.92 Å². The van der Waals surface area contributed by atoms with Gasteiger partial charge < -0.3 is 0 Å². The molecule has 1 aromatic rings. The largest absolute Gasteiger partial charge is 0.243 e. The zero-order valence-corrected chi connectivity index (χ0v) is 12.8. The highest BCUT2D eigenvalue weighted by Crippen LogP contribution is 2.31. The molecule has 0 atom stereocenters. The van der Waals surface area contributed by atoms with E-state index in [-0.39, 0.29) is 0 Å². The summed E-state index contributed by atoms with van der Waals surface area (Å²) in [5, 5.41) is 0. The van der Waals surface area contributed by atoms with Crippen molar-refractivity contribution in [2.24, 2.45) is 5.92 Å². The van der Waals surface area contributed by atoms with E-state index in [0.717, 1.165) is 24.8 Å². The van der Waals surface area contributed by atoms with Crippen LogP contribution in [-0.2, 0) is 15.9 Å². The van der Waals surface area contributed by atoms with E-state index in [4.69, 9.17) is 11.6 Å². The molecule has 0 amide bonds. The highest BCUT2D eigenvalue weighted by molar-refractivity contribution is 7.89. The molecule has 0 radical (unpaired) electrons. The van der Waals surface area contributed by atoms with Gasteiger partial charge in [0.1, 0.15) is 0 Å². The van der Waals surface area contributed by atoms with E-state index < -0.39 is 10.0 Å². The van der Waals surface area contributed by atoms with Gasteiger partial charge in [-0.2, -0.15) is 4.31 Å². The minimum absolute atomic E-state index is 0.371. The molecule has 1 aliphatic rings. The summed E-state index contributed by atoms with van der Waals surface area (Å²) in [6, 6.07) is 6.87. The zero-order valence-electron chi connectivity index (χ0n) is 11.2. The molecule has 1 fully saturated rings. The van der Waals surface area contributed by atoms with E-state index in [1.807, 2.05) is 6.92 Å². The third-order valence-corrected chi connectivity index (χ3v) is 5.54. The molecule has 1 aliphatic carbocycles. The third kappa shape index (κ3) is 3.71. The van der Waals surface area contributed by atoms with Crippen molar-refractivity contribution in [3.05, 3.63) is 29.8 Å². The van der Waals surface area contributed by atoms with E-state index in [2.05, 4.69) is 0 Å². The topological polar surface area (TPSA) is 37.4 Å². The van der Waals surface area contributed by atoms with Crippen LogP contribution in [0.3, 0.4) is 0 Å². The van der Waals surface area contributed by atoms with Gasteiger partial charge in [0, 0.05) is 19.0 Å². The minimum atomic E-state index is -3.35. The van der Waals surface area contributed by atoms with Gasteiger partial charge in [-0.1, -0.05) is 19.1 Å². The van der Waals surface area contributed by atoms with Crippen LogP contribution in [0.1, 0.15) is 31.7 Å². The van der Waals surface area contributed by atoms with E-state index in [1.54, 1.807) is 28.6 Å². The smallest absolute Gasteiger partial charge is 0.207 e. The quantitative estimate of drug-likeness (QED) is 0.725. The fourth-order valence-electron chi connectivity index (χ4n) is 2.05. The average Bonchev–Trinajstić information content (AvgIpc) is 3.22. The van der Waals surface area contributed by atoms with Crippen molar-refractivity contribution >= 4 is 21.6 Å². The molecule has 0 bridgehead atoms. The molecule has 2 rings (SSSR count). The first-order valence-corrected chi connectivity index (χ1v) is 8.70. The number of halogens is 1. The van der Waals surface area contributed by atoms with Crippen molar-refractivity contribution in [3.63, 3.8) is 0 Å². The summed E-state index contributed by atoms with van der Waals surface area (Å²) in [6.07, 6.45) is 3.15. The normalized spacial score (nSPS) is 15.9. The summed E-state index contributed by atoms with van der Waals surface area (Å²) < 4.78 is 26.8. The first-order valence-electron chi connectivity index (χ1n) is 6.73. The second-order valence-corrected chi connectivity index (χ2v) is 7.29. The molecule has 0 saturated heterocycles. The van der Waals surface area contributed by atoms with E-state index in [1.165, 1.54) is 0 Å².